The Morgan fingerprint density at radius 2 is 2.00 bits per heavy atom. The highest BCUT2D eigenvalue weighted by Crippen LogP contribution is 2.59. The molecule has 2 aromatic rings. The second kappa shape index (κ2) is 6.87. The van der Waals surface area contributed by atoms with Gasteiger partial charge in [-0.1, -0.05) is 6.92 Å². The molecule has 150 valence electrons. The number of hydrogen-bond acceptors (Lipinski definition) is 9. The molecular weight excluding hydrogens is 404 g/mol. The van der Waals surface area contributed by atoms with E-state index in [0.717, 1.165) is 0 Å². The molecule has 1 aliphatic rings. The highest BCUT2D eigenvalue weighted by Gasteiger charge is 2.45. The average Bonchev–Trinajstić information content (AvgIpc) is 3.06. The summed E-state index contributed by atoms with van der Waals surface area (Å²) >= 11 is 0. The Morgan fingerprint density at radius 3 is 2.67 bits per heavy atom. The SMILES string of the molecule is C[C@@]1(COP(=O)(O)OP(=O)(O)O)C[C@@H](O)[C@H](n2cnc3c(N)ncnc32)C1. The molecule has 27 heavy (non-hydrogen) atoms. The molecular formula is C12H19N5O8P2. The first-order chi connectivity index (χ1) is 12.4. The Hall–Kier alpha value is -1.43. The van der Waals surface area contributed by atoms with Gasteiger partial charge in [-0.15, -0.1) is 0 Å². The van der Waals surface area contributed by atoms with E-state index < -0.39 is 33.2 Å². The number of phosphoric acid groups is 2. The van der Waals surface area contributed by atoms with Gasteiger partial charge in [-0.2, -0.15) is 4.31 Å². The van der Waals surface area contributed by atoms with E-state index in [1.807, 2.05) is 0 Å². The first-order valence-corrected chi connectivity index (χ1v) is 10.8. The zero-order chi connectivity index (χ0) is 20.0. The van der Waals surface area contributed by atoms with Gasteiger partial charge < -0.3 is 30.1 Å². The molecule has 0 aromatic carbocycles. The molecule has 0 saturated heterocycles. The van der Waals surface area contributed by atoms with E-state index in [9.17, 15) is 19.1 Å². The van der Waals surface area contributed by atoms with Crippen molar-refractivity contribution >= 4 is 32.6 Å². The van der Waals surface area contributed by atoms with Crippen LogP contribution in [0, 0.1) is 5.41 Å². The number of aromatic nitrogens is 4. The van der Waals surface area contributed by atoms with Crippen LogP contribution in [-0.4, -0.2) is 52.0 Å². The summed E-state index contributed by atoms with van der Waals surface area (Å²) < 4.78 is 32.5. The lowest BCUT2D eigenvalue weighted by Crippen LogP contribution is -2.20. The zero-order valence-electron chi connectivity index (χ0n) is 14.1. The fraction of sp³-hybridized carbons (Fsp3) is 0.583. The van der Waals surface area contributed by atoms with Crippen LogP contribution in [0.15, 0.2) is 12.7 Å². The quantitative estimate of drug-likeness (QED) is 0.399. The standard InChI is InChI=1S/C12H19N5O8P2/c1-12(4-24-27(22,23)25-26(19,20)21)2-7(8(18)3-12)17-6-16-9-10(13)14-5-15-11(9)17/h5-8,18H,2-4H2,1H3,(H,22,23)(H2,13,14,15)(H2,19,20,21)/t7-,8-,12+/m1/s1. The Bertz CT molecular complexity index is 947. The lowest BCUT2D eigenvalue weighted by molar-refractivity contribution is 0.0980. The van der Waals surface area contributed by atoms with Gasteiger partial charge in [0.25, 0.3) is 0 Å². The number of fused-ring (bicyclic) bond motifs is 1. The number of imidazole rings is 1. The topological polar surface area (TPSA) is 203 Å². The number of nitrogens with zero attached hydrogens (tertiary/aromatic N) is 4. The van der Waals surface area contributed by atoms with Gasteiger partial charge in [-0.3, -0.25) is 4.52 Å². The molecule has 6 N–H and O–H groups in total. The van der Waals surface area contributed by atoms with E-state index in [0.29, 0.717) is 17.6 Å². The molecule has 4 atom stereocenters. The zero-order valence-corrected chi connectivity index (χ0v) is 15.9. The molecule has 0 spiro atoms. The van der Waals surface area contributed by atoms with Crippen molar-refractivity contribution in [3.63, 3.8) is 0 Å². The second-order valence-corrected chi connectivity index (χ2v) is 9.58. The molecule has 1 saturated carbocycles. The van der Waals surface area contributed by atoms with Gasteiger partial charge in [-0.25, -0.2) is 24.1 Å². The Morgan fingerprint density at radius 1 is 1.30 bits per heavy atom. The number of aliphatic hydroxyl groups excluding tert-OH is 1. The van der Waals surface area contributed by atoms with Gasteiger partial charge >= 0.3 is 15.6 Å². The first-order valence-electron chi connectivity index (χ1n) is 7.74. The normalized spacial score (nSPS) is 28.5. The predicted octanol–water partition coefficient (Wildman–Crippen LogP) is 0.337. The van der Waals surface area contributed by atoms with Crippen molar-refractivity contribution < 1.29 is 37.8 Å². The molecule has 2 heterocycles. The maximum absolute atomic E-state index is 11.6. The van der Waals surface area contributed by atoms with E-state index in [1.165, 1.54) is 12.7 Å². The predicted molar refractivity (Wildman–Crippen MR) is 91.0 cm³/mol. The monoisotopic (exact) mass is 423 g/mol. The van der Waals surface area contributed by atoms with Crippen molar-refractivity contribution in [2.45, 2.75) is 31.9 Å². The van der Waals surface area contributed by atoms with Crippen molar-refractivity contribution in [3.8, 4) is 0 Å². The summed E-state index contributed by atoms with van der Waals surface area (Å²) in [6, 6.07) is -0.460. The van der Waals surface area contributed by atoms with Crippen LogP contribution in [0.5, 0.6) is 0 Å². The minimum atomic E-state index is -5.19. The summed E-state index contributed by atoms with van der Waals surface area (Å²) in [5, 5.41) is 10.5. The van der Waals surface area contributed by atoms with Gasteiger partial charge in [0.05, 0.1) is 25.1 Å². The van der Waals surface area contributed by atoms with E-state index in [4.69, 9.17) is 20.0 Å². The number of aliphatic hydroxyl groups is 1. The highest BCUT2D eigenvalue weighted by molar-refractivity contribution is 7.60. The summed E-state index contributed by atoms with van der Waals surface area (Å²) in [6.07, 6.45) is 2.44. The van der Waals surface area contributed by atoms with Crippen molar-refractivity contribution in [1.82, 2.24) is 19.5 Å². The van der Waals surface area contributed by atoms with Gasteiger partial charge in [0, 0.05) is 0 Å². The average molecular weight is 423 g/mol. The molecule has 0 bridgehead atoms. The largest absolute Gasteiger partial charge is 0.481 e. The number of nitrogen functional groups attached to an aromatic ring is 1. The highest BCUT2D eigenvalue weighted by atomic mass is 31.3. The fourth-order valence-corrected chi connectivity index (χ4v) is 5.01. The molecule has 15 heteroatoms. The number of nitrogens with two attached hydrogens (primary N) is 1. The van der Waals surface area contributed by atoms with E-state index in [2.05, 4.69) is 19.3 Å². The third-order valence-electron chi connectivity index (χ3n) is 4.38. The fourth-order valence-electron chi connectivity index (χ4n) is 3.27. The molecule has 2 aromatic heterocycles. The van der Waals surface area contributed by atoms with Crippen LogP contribution in [-0.2, 0) is 18.0 Å². The third kappa shape index (κ3) is 4.53. The number of anilines is 1. The lowest BCUT2D eigenvalue weighted by atomic mass is 9.90. The van der Waals surface area contributed by atoms with Crippen molar-refractivity contribution in [2.24, 2.45) is 5.41 Å². The van der Waals surface area contributed by atoms with Crippen molar-refractivity contribution in [2.75, 3.05) is 12.3 Å². The van der Waals surface area contributed by atoms with Gasteiger partial charge in [0.1, 0.15) is 11.8 Å². The van der Waals surface area contributed by atoms with E-state index >= 15 is 0 Å². The Labute approximate surface area is 153 Å². The van der Waals surface area contributed by atoms with Gasteiger partial charge in [-0.05, 0) is 18.3 Å². The van der Waals surface area contributed by atoms with Crippen molar-refractivity contribution in [1.29, 1.82) is 0 Å². The molecule has 1 aliphatic carbocycles. The molecule has 0 radical (unpaired) electrons. The number of rotatable bonds is 6. The van der Waals surface area contributed by atoms with Gasteiger partial charge in [0.2, 0.25) is 0 Å². The molecule has 1 unspecified atom stereocenters. The van der Waals surface area contributed by atoms with Crippen LogP contribution < -0.4 is 5.73 Å². The smallest absolute Gasteiger partial charge is 0.391 e. The maximum Gasteiger partial charge on any atom is 0.481 e. The van der Waals surface area contributed by atoms with Crippen LogP contribution in [0.1, 0.15) is 25.8 Å². The van der Waals surface area contributed by atoms with Gasteiger partial charge in [0.15, 0.2) is 11.5 Å². The van der Waals surface area contributed by atoms with Crippen LogP contribution in [0.3, 0.4) is 0 Å². The van der Waals surface area contributed by atoms with Crippen LogP contribution in [0.4, 0.5) is 5.82 Å². The summed E-state index contributed by atoms with van der Waals surface area (Å²) in [6.45, 7) is 1.34. The second-order valence-electron chi connectivity index (χ2n) is 6.75. The molecule has 13 nitrogen and oxygen atoms in total. The number of phosphoric ester groups is 1. The first kappa shape index (κ1) is 20.3. The van der Waals surface area contributed by atoms with E-state index in [1.54, 1.807) is 11.5 Å². The Kier molecular flexibility index (Phi) is 5.17. The molecule has 0 aliphatic heterocycles. The summed E-state index contributed by atoms with van der Waals surface area (Å²) in [4.78, 5) is 38.8. The summed E-state index contributed by atoms with van der Waals surface area (Å²) in [5.74, 6) is 0.202. The maximum atomic E-state index is 11.6. The summed E-state index contributed by atoms with van der Waals surface area (Å²) in [5.41, 5.74) is 5.82. The molecule has 3 rings (SSSR count). The van der Waals surface area contributed by atoms with Crippen LogP contribution in [0.25, 0.3) is 11.2 Å². The summed E-state index contributed by atoms with van der Waals surface area (Å²) in [7, 11) is -10.1. The third-order valence-corrected chi connectivity index (χ3v) is 6.51. The number of hydrogen-bond donors (Lipinski definition) is 5. The van der Waals surface area contributed by atoms with E-state index in [-0.39, 0.29) is 18.8 Å². The minimum Gasteiger partial charge on any atom is -0.391 e. The van der Waals surface area contributed by atoms with Crippen LogP contribution in [0.2, 0.25) is 0 Å². The lowest BCUT2D eigenvalue weighted by Gasteiger charge is -2.24. The van der Waals surface area contributed by atoms with Crippen LogP contribution >= 0.6 is 15.6 Å². The van der Waals surface area contributed by atoms with Crippen molar-refractivity contribution in [3.05, 3.63) is 12.7 Å². The minimum absolute atomic E-state index is 0.202. The molecule has 1 fully saturated rings. The Balaban J connectivity index is 1.76. The molecule has 0 amide bonds.